The van der Waals surface area contributed by atoms with E-state index >= 15 is 0 Å². The van der Waals surface area contributed by atoms with Crippen LogP contribution >= 0.6 is 11.6 Å². The van der Waals surface area contributed by atoms with Crippen LogP contribution in [0.3, 0.4) is 0 Å². The highest BCUT2D eigenvalue weighted by Crippen LogP contribution is 2.12. The largest absolute Gasteiger partial charge is 0.279 e. The van der Waals surface area contributed by atoms with E-state index in [1.807, 2.05) is 6.92 Å². The van der Waals surface area contributed by atoms with Gasteiger partial charge in [-0.25, -0.2) is 4.72 Å². The number of rotatable bonds is 6. The SMILES string of the molecule is CC(CCCl)CNS(=O)(=O)N1CCCCCC1. The number of halogens is 1. The third kappa shape index (κ3) is 5.55. The molecule has 1 atom stereocenters. The van der Waals surface area contributed by atoms with E-state index < -0.39 is 10.2 Å². The molecule has 1 rings (SSSR count). The van der Waals surface area contributed by atoms with E-state index in [1.54, 1.807) is 4.31 Å². The zero-order chi connectivity index (χ0) is 12.7. The van der Waals surface area contributed by atoms with E-state index in [4.69, 9.17) is 11.6 Å². The topological polar surface area (TPSA) is 49.4 Å². The quantitative estimate of drug-likeness (QED) is 0.757. The molecule has 1 N–H and O–H groups in total. The Labute approximate surface area is 110 Å². The normalized spacial score (nSPS) is 21.1. The van der Waals surface area contributed by atoms with Gasteiger partial charge in [0.15, 0.2) is 0 Å². The lowest BCUT2D eigenvalue weighted by Gasteiger charge is -2.21. The minimum atomic E-state index is -3.28. The van der Waals surface area contributed by atoms with Gasteiger partial charge in [-0.05, 0) is 25.2 Å². The van der Waals surface area contributed by atoms with Crippen LogP contribution < -0.4 is 4.72 Å². The predicted octanol–water partition coefficient (Wildman–Crippen LogP) is 1.96. The molecule has 0 aromatic carbocycles. The molecule has 0 aliphatic carbocycles. The first-order chi connectivity index (χ1) is 8.06. The fourth-order valence-corrected chi connectivity index (χ4v) is 3.70. The smallest absolute Gasteiger partial charge is 0.202 e. The summed E-state index contributed by atoms with van der Waals surface area (Å²) < 4.78 is 28.3. The molecule has 0 saturated carbocycles. The molecule has 0 aromatic rings. The van der Waals surface area contributed by atoms with Crippen molar-refractivity contribution in [2.24, 2.45) is 5.92 Å². The van der Waals surface area contributed by atoms with Gasteiger partial charge < -0.3 is 0 Å². The van der Waals surface area contributed by atoms with E-state index in [0.29, 0.717) is 25.5 Å². The Balaban J connectivity index is 2.43. The van der Waals surface area contributed by atoms with Gasteiger partial charge in [0, 0.05) is 25.5 Å². The van der Waals surface area contributed by atoms with Gasteiger partial charge in [-0.3, -0.25) is 0 Å². The summed E-state index contributed by atoms with van der Waals surface area (Å²) in [7, 11) is -3.28. The number of alkyl halides is 1. The molecule has 4 nitrogen and oxygen atoms in total. The molecule has 1 aliphatic rings. The molecule has 6 heteroatoms. The van der Waals surface area contributed by atoms with Gasteiger partial charge in [-0.15, -0.1) is 11.6 Å². The average Bonchev–Trinajstić information content (AvgIpc) is 2.56. The van der Waals surface area contributed by atoms with Crippen molar-refractivity contribution in [3.05, 3.63) is 0 Å². The molecule has 0 amide bonds. The van der Waals surface area contributed by atoms with Gasteiger partial charge in [-0.2, -0.15) is 12.7 Å². The Morgan fingerprint density at radius 2 is 1.82 bits per heavy atom. The van der Waals surface area contributed by atoms with E-state index in [0.717, 1.165) is 32.1 Å². The lowest BCUT2D eigenvalue weighted by molar-refractivity contribution is 0.409. The summed E-state index contributed by atoms with van der Waals surface area (Å²) >= 11 is 5.63. The van der Waals surface area contributed by atoms with Crippen LogP contribution in [0.4, 0.5) is 0 Å². The molecule has 0 aromatic heterocycles. The van der Waals surface area contributed by atoms with Crippen molar-refractivity contribution in [2.45, 2.75) is 39.0 Å². The lowest BCUT2D eigenvalue weighted by Crippen LogP contribution is -2.42. The minimum Gasteiger partial charge on any atom is -0.202 e. The fourth-order valence-electron chi connectivity index (χ4n) is 1.91. The third-order valence-corrected chi connectivity index (χ3v) is 4.92. The molecule has 102 valence electrons. The Bertz CT molecular complexity index is 301. The fraction of sp³-hybridized carbons (Fsp3) is 1.00. The first kappa shape index (κ1) is 15.2. The molecule has 1 saturated heterocycles. The summed E-state index contributed by atoms with van der Waals surface area (Å²) in [5.74, 6) is 0.862. The molecule has 0 spiro atoms. The van der Waals surface area contributed by atoms with Gasteiger partial charge >= 0.3 is 0 Å². The second kappa shape index (κ2) is 7.56. The van der Waals surface area contributed by atoms with Crippen LogP contribution in [-0.2, 0) is 10.2 Å². The van der Waals surface area contributed by atoms with Crippen LogP contribution in [0.25, 0.3) is 0 Å². The van der Waals surface area contributed by atoms with Crippen molar-refractivity contribution >= 4 is 21.8 Å². The monoisotopic (exact) mass is 282 g/mol. The van der Waals surface area contributed by atoms with E-state index in [1.165, 1.54) is 0 Å². The molecule has 0 bridgehead atoms. The summed E-state index contributed by atoms with van der Waals surface area (Å²) in [6.07, 6.45) is 5.05. The zero-order valence-corrected chi connectivity index (χ0v) is 12.1. The van der Waals surface area contributed by atoms with Crippen molar-refractivity contribution in [2.75, 3.05) is 25.5 Å². The molecule has 1 heterocycles. The summed E-state index contributed by atoms with van der Waals surface area (Å²) in [6.45, 7) is 3.79. The summed E-state index contributed by atoms with van der Waals surface area (Å²) in [5, 5.41) is 0. The first-order valence-electron chi connectivity index (χ1n) is 6.37. The summed E-state index contributed by atoms with van der Waals surface area (Å²) in [5.41, 5.74) is 0. The van der Waals surface area contributed by atoms with Crippen LogP contribution in [0.2, 0.25) is 0 Å². The number of hydrogen-bond donors (Lipinski definition) is 1. The van der Waals surface area contributed by atoms with Crippen LogP contribution in [0.15, 0.2) is 0 Å². The van der Waals surface area contributed by atoms with Crippen molar-refractivity contribution < 1.29 is 8.42 Å². The summed E-state index contributed by atoms with van der Waals surface area (Å²) in [4.78, 5) is 0. The predicted molar refractivity (Wildman–Crippen MR) is 71.5 cm³/mol. The first-order valence-corrected chi connectivity index (χ1v) is 8.34. The van der Waals surface area contributed by atoms with Crippen LogP contribution in [0, 0.1) is 5.92 Å². The van der Waals surface area contributed by atoms with E-state index in [-0.39, 0.29) is 5.92 Å². The van der Waals surface area contributed by atoms with E-state index in [2.05, 4.69) is 4.72 Å². The molecule has 1 unspecified atom stereocenters. The molecule has 1 aliphatic heterocycles. The molecule has 17 heavy (non-hydrogen) atoms. The van der Waals surface area contributed by atoms with Gasteiger partial charge in [-0.1, -0.05) is 19.8 Å². The third-order valence-electron chi connectivity index (χ3n) is 3.12. The summed E-state index contributed by atoms with van der Waals surface area (Å²) in [6, 6.07) is 0. The maximum atomic E-state index is 12.0. The van der Waals surface area contributed by atoms with Crippen LogP contribution in [-0.4, -0.2) is 38.2 Å². The Kier molecular flexibility index (Phi) is 6.77. The van der Waals surface area contributed by atoms with Crippen molar-refractivity contribution in [3.63, 3.8) is 0 Å². The Hall–Kier alpha value is 0.160. The maximum absolute atomic E-state index is 12.0. The minimum absolute atomic E-state index is 0.286. The highest BCUT2D eigenvalue weighted by molar-refractivity contribution is 7.87. The van der Waals surface area contributed by atoms with Crippen molar-refractivity contribution in [1.82, 2.24) is 9.03 Å². The number of nitrogens with one attached hydrogen (secondary N) is 1. The van der Waals surface area contributed by atoms with Crippen LogP contribution in [0.1, 0.15) is 39.0 Å². The maximum Gasteiger partial charge on any atom is 0.279 e. The standard InChI is InChI=1S/C11H23ClN2O2S/c1-11(6-7-12)10-13-17(15,16)14-8-4-2-3-5-9-14/h11,13H,2-10H2,1H3. The van der Waals surface area contributed by atoms with Gasteiger partial charge in [0.25, 0.3) is 10.2 Å². The molecule has 0 radical (unpaired) electrons. The highest BCUT2D eigenvalue weighted by Gasteiger charge is 2.22. The van der Waals surface area contributed by atoms with Crippen LogP contribution in [0.5, 0.6) is 0 Å². The number of nitrogens with zero attached hydrogens (tertiary/aromatic N) is 1. The average molecular weight is 283 g/mol. The van der Waals surface area contributed by atoms with E-state index in [9.17, 15) is 8.42 Å². The van der Waals surface area contributed by atoms with Crippen molar-refractivity contribution in [3.8, 4) is 0 Å². The second-order valence-electron chi connectivity index (χ2n) is 4.75. The van der Waals surface area contributed by atoms with Crippen molar-refractivity contribution in [1.29, 1.82) is 0 Å². The highest BCUT2D eigenvalue weighted by atomic mass is 35.5. The Morgan fingerprint density at radius 1 is 1.24 bits per heavy atom. The Morgan fingerprint density at radius 3 is 2.35 bits per heavy atom. The molecule has 1 fully saturated rings. The van der Waals surface area contributed by atoms with Gasteiger partial charge in [0.1, 0.15) is 0 Å². The number of hydrogen-bond acceptors (Lipinski definition) is 2. The second-order valence-corrected chi connectivity index (χ2v) is 6.88. The molecular weight excluding hydrogens is 260 g/mol. The van der Waals surface area contributed by atoms with Gasteiger partial charge in [0.05, 0.1) is 0 Å². The molecular formula is C11H23ClN2O2S. The lowest BCUT2D eigenvalue weighted by atomic mass is 10.1. The zero-order valence-electron chi connectivity index (χ0n) is 10.5. The van der Waals surface area contributed by atoms with Gasteiger partial charge in [0.2, 0.25) is 0 Å².